The highest BCUT2D eigenvalue weighted by atomic mass is 16.5. The molecule has 3 rings (SSSR count). The molecule has 0 aliphatic carbocycles. The van der Waals surface area contributed by atoms with E-state index in [4.69, 9.17) is 4.74 Å². The molecule has 1 aliphatic heterocycles. The molecule has 0 spiro atoms. The van der Waals surface area contributed by atoms with Crippen LogP contribution in [0.25, 0.3) is 0 Å². The highest BCUT2D eigenvalue weighted by Crippen LogP contribution is 2.35. The summed E-state index contributed by atoms with van der Waals surface area (Å²) in [4.78, 5) is 29.6. The van der Waals surface area contributed by atoms with E-state index in [2.05, 4.69) is 10.3 Å². The largest absolute Gasteiger partial charge is 0.479 e. The second kappa shape index (κ2) is 5.48. The van der Waals surface area contributed by atoms with Crippen molar-refractivity contribution in [2.24, 2.45) is 0 Å². The molecule has 0 fully saturated rings. The van der Waals surface area contributed by atoms with Crippen molar-refractivity contribution in [3.63, 3.8) is 0 Å². The van der Waals surface area contributed by atoms with Crippen molar-refractivity contribution >= 4 is 23.2 Å². The maximum atomic E-state index is 12.1. The van der Waals surface area contributed by atoms with Gasteiger partial charge in [-0.25, -0.2) is 0 Å². The van der Waals surface area contributed by atoms with Crippen LogP contribution in [-0.4, -0.2) is 29.9 Å². The summed E-state index contributed by atoms with van der Waals surface area (Å²) >= 11 is 0. The highest BCUT2D eigenvalue weighted by molar-refractivity contribution is 6.04. The number of rotatable bonds is 2. The molecule has 112 valence electrons. The molecule has 0 radical (unpaired) electrons. The first kappa shape index (κ1) is 14.1. The van der Waals surface area contributed by atoms with Crippen LogP contribution in [0.3, 0.4) is 0 Å². The van der Waals surface area contributed by atoms with Gasteiger partial charge < -0.3 is 15.0 Å². The Bertz CT molecular complexity index is 731. The summed E-state index contributed by atoms with van der Waals surface area (Å²) in [5.41, 5.74) is 1.53. The van der Waals surface area contributed by atoms with Crippen LogP contribution in [0, 0.1) is 0 Å². The predicted octanol–water partition coefficient (Wildman–Crippen LogP) is 2.08. The van der Waals surface area contributed by atoms with Gasteiger partial charge in [0.2, 0.25) is 0 Å². The average molecular weight is 297 g/mol. The number of amides is 2. The number of benzene rings is 1. The lowest BCUT2D eigenvalue weighted by Gasteiger charge is -2.30. The number of carbonyl (C=O) groups is 2. The number of nitrogens with zero attached hydrogens (tertiary/aromatic N) is 2. The Kier molecular flexibility index (Phi) is 3.50. The van der Waals surface area contributed by atoms with Crippen molar-refractivity contribution in [3.8, 4) is 5.75 Å². The molecule has 1 unspecified atom stereocenters. The minimum atomic E-state index is -0.508. The standard InChI is InChI=1S/C16H15N3O3/c1-10-16(21)19(2)13-9-11(6-7-14(13)22-10)18-15(20)12-5-3-4-8-17-12/h3-10H,1-2H3,(H,18,20). The van der Waals surface area contributed by atoms with Crippen LogP contribution < -0.4 is 15.0 Å². The highest BCUT2D eigenvalue weighted by Gasteiger charge is 2.29. The van der Waals surface area contributed by atoms with E-state index in [9.17, 15) is 9.59 Å². The van der Waals surface area contributed by atoms with E-state index in [1.54, 1.807) is 56.6 Å². The fraction of sp³-hybridized carbons (Fsp3) is 0.188. The number of ether oxygens (including phenoxy) is 1. The van der Waals surface area contributed by atoms with E-state index >= 15 is 0 Å². The van der Waals surface area contributed by atoms with Crippen LogP contribution >= 0.6 is 0 Å². The molecule has 1 atom stereocenters. The van der Waals surface area contributed by atoms with Gasteiger partial charge in [0.25, 0.3) is 11.8 Å². The number of hydrogen-bond acceptors (Lipinski definition) is 4. The average Bonchev–Trinajstić information content (AvgIpc) is 2.54. The summed E-state index contributed by atoms with van der Waals surface area (Å²) in [5, 5.41) is 2.76. The maximum absolute atomic E-state index is 12.1. The Morgan fingerprint density at radius 3 is 2.86 bits per heavy atom. The van der Waals surface area contributed by atoms with Gasteiger partial charge in [0.15, 0.2) is 6.10 Å². The smallest absolute Gasteiger partial charge is 0.274 e. The quantitative estimate of drug-likeness (QED) is 0.921. The number of fused-ring (bicyclic) bond motifs is 1. The minimum Gasteiger partial charge on any atom is -0.479 e. The Hall–Kier alpha value is -2.89. The molecule has 1 aliphatic rings. The Balaban J connectivity index is 1.85. The van der Waals surface area contributed by atoms with Crippen LogP contribution in [0.2, 0.25) is 0 Å². The summed E-state index contributed by atoms with van der Waals surface area (Å²) < 4.78 is 5.54. The van der Waals surface area contributed by atoms with Gasteiger partial charge in [-0.05, 0) is 37.3 Å². The van der Waals surface area contributed by atoms with E-state index in [-0.39, 0.29) is 11.8 Å². The Morgan fingerprint density at radius 1 is 1.32 bits per heavy atom. The lowest BCUT2D eigenvalue weighted by Crippen LogP contribution is -2.41. The van der Waals surface area contributed by atoms with Gasteiger partial charge in [-0.1, -0.05) is 6.07 Å². The van der Waals surface area contributed by atoms with E-state index in [1.165, 1.54) is 4.90 Å². The van der Waals surface area contributed by atoms with Gasteiger partial charge in [0.05, 0.1) is 5.69 Å². The van der Waals surface area contributed by atoms with E-state index in [0.29, 0.717) is 22.8 Å². The van der Waals surface area contributed by atoms with Gasteiger partial charge >= 0.3 is 0 Å². The molecule has 2 amide bonds. The number of hydrogen-bond donors (Lipinski definition) is 1. The zero-order valence-corrected chi connectivity index (χ0v) is 12.2. The SMILES string of the molecule is CC1Oc2ccc(NC(=O)c3ccccn3)cc2N(C)C1=O. The Labute approximate surface area is 127 Å². The third-order valence-corrected chi connectivity index (χ3v) is 3.46. The lowest BCUT2D eigenvalue weighted by molar-refractivity contribution is -0.125. The van der Waals surface area contributed by atoms with Crippen LogP contribution in [0.1, 0.15) is 17.4 Å². The van der Waals surface area contributed by atoms with E-state index < -0.39 is 6.10 Å². The molecule has 2 heterocycles. The zero-order valence-electron chi connectivity index (χ0n) is 12.2. The number of pyridine rings is 1. The fourth-order valence-electron chi connectivity index (χ4n) is 2.28. The van der Waals surface area contributed by atoms with Crippen molar-refractivity contribution < 1.29 is 14.3 Å². The molecule has 6 heteroatoms. The second-order valence-electron chi connectivity index (χ2n) is 5.01. The molecule has 6 nitrogen and oxygen atoms in total. The maximum Gasteiger partial charge on any atom is 0.274 e. The molecular weight excluding hydrogens is 282 g/mol. The third-order valence-electron chi connectivity index (χ3n) is 3.46. The normalized spacial score (nSPS) is 16.7. The van der Waals surface area contributed by atoms with Crippen LogP contribution in [0.5, 0.6) is 5.75 Å². The number of aromatic nitrogens is 1. The van der Waals surface area contributed by atoms with Gasteiger partial charge in [0.1, 0.15) is 11.4 Å². The third kappa shape index (κ3) is 2.50. The first-order chi connectivity index (χ1) is 10.6. The topological polar surface area (TPSA) is 71.5 Å². The molecule has 1 N–H and O–H groups in total. The molecule has 1 aromatic carbocycles. The first-order valence-electron chi connectivity index (χ1n) is 6.87. The van der Waals surface area contributed by atoms with E-state index in [1.807, 2.05) is 0 Å². The van der Waals surface area contributed by atoms with Gasteiger partial charge in [-0.15, -0.1) is 0 Å². The monoisotopic (exact) mass is 297 g/mol. The van der Waals surface area contributed by atoms with Crippen molar-refractivity contribution in [1.82, 2.24) is 4.98 Å². The molecule has 0 saturated carbocycles. The summed E-state index contributed by atoms with van der Waals surface area (Å²) in [5.74, 6) is 0.186. The van der Waals surface area contributed by atoms with Crippen LogP contribution in [0.15, 0.2) is 42.6 Å². The summed E-state index contributed by atoms with van der Waals surface area (Å²) in [7, 11) is 1.69. The van der Waals surface area contributed by atoms with E-state index in [0.717, 1.165) is 0 Å². The minimum absolute atomic E-state index is 0.124. The first-order valence-corrected chi connectivity index (χ1v) is 6.87. The molecule has 0 saturated heterocycles. The molecule has 2 aromatic rings. The second-order valence-corrected chi connectivity index (χ2v) is 5.01. The summed E-state index contributed by atoms with van der Waals surface area (Å²) in [6.45, 7) is 1.71. The molecule has 22 heavy (non-hydrogen) atoms. The number of anilines is 2. The Morgan fingerprint density at radius 2 is 2.14 bits per heavy atom. The predicted molar refractivity (Wildman–Crippen MR) is 82.1 cm³/mol. The van der Waals surface area contributed by atoms with Crippen molar-refractivity contribution in [1.29, 1.82) is 0 Å². The van der Waals surface area contributed by atoms with Gasteiger partial charge in [-0.3, -0.25) is 14.6 Å². The van der Waals surface area contributed by atoms with Crippen molar-refractivity contribution in [3.05, 3.63) is 48.3 Å². The number of likely N-dealkylation sites (N-methyl/N-ethyl adjacent to an activating group) is 1. The van der Waals surface area contributed by atoms with Gasteiger partial charge in [-0.2, -0.15) is 0 Å². The fourth-order valence-corrected chi connectivity index (χ4v) is 2.28. The summed E-state index contributed by atoms with van der Waals surface area (Å²) in [6, 6.07) is 10.3. The lowest BCUT2D eigenvalue weighted by atomic mass is 10.2. The van der Waals surface area contributed by atoms with Crippen LogP contribution in [0.4, 0.5) is 11.4 Å². The van der Waals surface area contributed by atoms with Crippen LogP contribution in [-0.2, 0) is 4.79 Å². The molecule has 1 aromatic heterocycles. The number of carbonyl (C=O) groups excluding carboxylic acids is 2. The van der Waals surface area contributed by atoms with Crippen molar-refractivity contribution in [2.75, 3.05) is 17.3 Å². The summed E-state index contributed by atoms with van der Waals surface area (Å²) in [6.07, 6.45) is 1.05. The molecule has 0 bridgehead atoms. The van der Waals surface area contributed by atoms with Gasteiger partial charge in [0, 0.05) is 18.9 Å². The molecular formula is C16H15N3O3. The number of nitrogens with one attached hydrogen (secondary N) is 1. The zero-order chi connectivity index (χ0) is 15.7. The van der Waals surface area contributed by atoms with Crippen molar-refractivity contribution in [2.45, 2.75) is 13.0 Å².